The van der Waals surface area contributed by atoms with Crippen LogP contribution >= 0.6 is 0 Å². The molecule has 0 saturated heterocycles. The second kappa shape index (κ2) is 12.9. The van der Waals surface area contributed by atoms with Crippen molar-refractivity contribution < 1.29 is 8.83 Å². The first-order chi connectivity index (χ1) is 31.5. The van der Waals surface area contributed by atoms with Crippen LogP contribution in [0.15, 0.2) is 209 Å². The van der Waals surface area contributed by atoms with Gasteiger partial charge >= 0.3 is 0 Å². The molecule has 1 aliphatic rings. The van der Waals surface area contributed by atoms with Crippen molar-refractivity contribution in [3.63, 3.8) is 0 Å². The van der Waals surface area contributed by atoms with E-state index >= 15 is 0 Å². The average molecular weight is 818 g/mol. The van der Waals surface area contributed by atoms with Gasteiger partial charge < -0.3 is 13.7 Å². The fraction of sp³-hybridized carbons (Fsp3) is 0.0492. The summed E-state index contributed by atoms with van der Waals surface area (Å²) in [6.45, 7) is 4.71. The Morgan fingerprint density at radius 1 is 0.344 bits per heavy atom. The van der Waals surface area contributed by atoms with E-state index in [0.29, 0.717) is 0 Å². The number of furan rings is 2. The number of anilines is 3. The van der Waals surface area contributed by atoms with E-state index in [9.17, 15) is 0 Å². The van der Waals surface area contributed by atoms with Gasteiger partial charge in [0.25, 0.3) is 0 Å². The first-order valence-electron chi connectivity index (χ1n) is 22.2. The number of hydrogen-bond donors (Lipinski definition) is 0. The van der Waals surface area contributed by atoms with Crippen LogP contribution in [0.25, 0.3) is 109 Å². The molecule has 1 aliphatic carbocycles. The third-order valence-corrected chi connectivity index (χ3v) is 14.2. The van der Waals surface area contributed by atoms with E-state index in [2.05, 4.69) is 213 Å². The average Bonchev–Trinajstić information content (AvgIpc) is 3.99. The van der Waals surface area contributed by atoms with Crippen molar-refractivity contribution in [2.24, 2.45) is 0 Å². The van der Waals surface area contributed by atoms with Crippen LogP contribution < -0.4 is 4.90 Å². The van der Waals surface area contributed by atoms with Gasteiger partial charge in [-0.1, -0.05) is 172 Å². The molecule has 0 radical (unpaired) electrons. The Labute approximate surface area is 369 Å². The van der Waals surface area contributed by atoms with Crippen LogP contribution in [0.2, 0.25) is 0 Å². The predicted molar refractivity (Wildman–Crippen MR) is 269 cm³/mol. The minimum atomic E-state index is -0.176. The Balaban J connectivity index is 1.07. The number of hydrogen-bond acceptors (Lipinski definition) is 3. The summed E-state index contributed by atoms with van der Waals surface area (Å²) in [6.07, 6.45) is 0. The molecule has 64 heavy (non-hydrogen) atoms. The maximum atomic E-state index is 7.44. The second-order valence-electron chi connectivity index (χ2n) is 17.9. The Kier molecular flexibility index (Phi) is 7.17. The minimum absolute atomic E-state index is 0.176. The van der Waals surface area contributed by atoms with Crippen LogP contribution in [0.1, 0.15) is 25.0 Å². The van der Waals surface area contributed by atoms with E-state index in [1.54, 1.807) is 0 Å². The lowest BCUT2D eigenvalue weighted by atomic mass is 9.82. The number of benzene rings is 11. The molecular weight excluding hydrogens is 779 g/mol. The van der Waals surface area contributed by atoms with E-state index in [-0.39, 0.29) is 5.41 Å². The highest BCUT2D eigenvalue weighted by atomic mass is 16.3. The Morgan fingerprint density at radius 3 is 1.70 bits per heavy atom. The number of rotatable bonds is 4. The van der Waals surface area contributed by atoms with Gasteiger partial charge in [0.2, 0.25) is 0 Å². The van der Waals surface area contributed by atoms with Crippen molar-refractivity contribution in [2.45, 2.75) is 19.3 Å². The molecule has 300 valence electrons. The van der Waals surface area contributed by atoms with Gasteiger partial charge in [-0.25, -0.2) is 0 Å². The summed E-state index contributed by atoms with van der Waals surface area (Å²) in [7, 11) is 0. The van der Waals surface area contributed by atoms with Crippen LogP contribution in [0.4, 0.5) is 17.1 Å². The lowest BCUT2D eigenvalue weighted by Crippen LogP contribution is -2.16. The smallest absolute Gasteiger partial charge is 0.159 e. The molecule has 0 unspecified atom stereocenters. The zero-order valence-electron chi connectivity index (χ0n) is 35.3. The molecule has 0 saturated carbocycles. The SMILES string of the molecule is CC1(C)c2ccccc2-c2ccc(N(c3ccc4c5ccccc5c5ccccc5c4c3)c3cccc4c3oc3c(-c5cccc6c5oc5ccccc56)c5ccccc5cc34)cc21. The normalized spacial score (nSPS) is 13.3. The van der Waals surface area contributed by atoms with Gasteiger partial charge in [-0.05, 0) is 108 Å². The minimum Gasteiger partial charge on any atom is -0.455 e. The molecule has 0 spiro atoms. The zero-order chi connectivity index (χ0) is 42.3. The fourth-order valence-corrected chi connectivity index (χ4v) is 11.3. The highest BCUT2D eigenvalue weighted by molar-refractivity contribution is 6.26. The van der Waals surface area contributed by atoms with E-state index in [0.717, 1.165) is 82.8 Å². The summed E-state index contributed by atoms with van der Waals surface area (Å²) in [5, 5.41) is 14.1. The topological polar surface area (TPSA) is 29.5 Å². The molecule has 13 aromatic rings. The van der Waals surface area contributed by atoms with Crippen LogP contribution in [0, 0.1) is 0 Å². The summed E-state index contributed by atoms with van der Waals surface area (Å²) >= 11 is 0. The lowest BCUT2D eigenvalue weighted by Gasteiger charge is -2.28. The van der Waals surface area contributed by atoms with Crippen molar-refractivity contribution >= 4 is 104 Å². The third-order valence-electron chi connectivity index (χ3n) is 14.2. The van der Waals surface area contributed by atoms with Crippen molar-refractivity contribution in [1.29, 1.82) is 0 Å². The number of para-hydroxylation sites is 3. The quantitative estimate of drug-likeness (QED) is 0.166. The monoisotopic (exact) mass is 817 g/mol. The van der Waals surface area contributed by atoms with E-state index in [1.165, 1.54) is 54.6 Å². The summed E-state index contributed by atoms with van der Waals surface area (Å²) < 4.78 is 14.1. The van der Waals surface area contributed by atoms with E-state index < -0.39 is 0 Å². The Morgan fingerprint density at radius 2 is 0.906 bits per heavy atom. The van der Waals surface area contributed by atoms with Gasteiger partial charge in [-0.3, -0.25) is 0 Å². The lowest BCUT2D eigenvalue weighted by molar-refractivity contribution is 0.660. The van der Waals surface area contributed by atoms with Crippen molar-refractivity contribution in [3.8, 4) is 22.3 Å². The number of fused-ring (bicyclic) bond motifs is 16. The Bertz CT molecular complexity index is 4090. The highest BCUT2D eigenvalue weighted by Gasteiger charge is 2.36. The molecular formula is C61H39NO2. The summed E-state index contributed by atoms with van der Waals surface area (Å²) in [4.78, 5) is 2.42. The molecule has 0 aliphatic heterocycles. The maximum Gasteiger partial charge on any atom is 0.159 e. The first kappa shape index (κ1) is 35.5. The predicted octanol–water partition coefficient (Wildman–Crippen LogP) is 17.5. The first-order valence-corrected chi connectivity index (χ1v) is 22.2. The van der Waals surface area contributed by atoms with E-state index in [1.807, 2.05) is 6.07 Å². The standard InChI is InChI=1S/C61H39NO2/c1-61(2)53-26-11-9-21-45(53)46-32-30-38(35-54(46)61)62(37-29-31-44-42-19-6-5-17-40(42)41-18-7-8-20-43(41)51(44)34-37)55-27-14-24-49-52-33-36-15-3-4-16-39(36)57(60(52)64-59(49)55)50-25-13-23-48-47-22-10-12-28-56(47)63-58(48)50/h3-35H,1-2H3. The molecule has 11 aromatic carbocycles. The molecule has 14 rings (SSSR count). The van der Waals surface area contributed by atoms with Crippen LogP contribution in [0.5, 0.6) is 0 Å². The Hall–Kier alpha value is -8.14. The molecule has 2 heterocycles. The fourth-order valence-electron chi connectivity index (χ4n) is 11.3. The van der Waals surface area contributed by atoms with Gasteiger partial charge in [0.05, 0.1) is 5.69 Å². The highest BCUT2D eigenvalue weighted by Crippen LogP contribution is 2.53. The molecule has 2 aromatic heterocycles. The van der Waals surface area contributed by atoms with E-state index in [4.69, 9.17) is 8.83 Å². The molecule has 0 atom stereocenters. The number of nitrogens with zero attached hydrogens (tertiary/aromatic N) is 1. The summed E-state index contributed by atoms with van der Waals surface area (Å²) in [5.41, 5.74) is 13.7. The molecule has 0 bridgehead atoms. The molecule has 3 nitrogen and oxygen atoms in total. The van der Waals surface area contributed by atoms with Crippen LogP contribution in [0.3, 0.4) is 0 Å². The van der Waals surface area contributed by atoms with Gasteiger partial charge in [0.1, 0.15) is 16.7 Å². The second-order valence-corrected chi connectivity index (χ2v) is 17.9. The molecule has 3 heteroatoms. The third kappa shape index (κ3) is 4.81. The van der Waals surface area contributed by atoms with Crippen molar-refractivity contribution in [3.05, 3.63) is 211 Å². The van der Waals surface area contributed by atoms with Gasteiger partial charge in [0, 0.05) is 49.5 Å². The molecule has 0 N–H and O–H groups in total. The van der Waals surface area contributed by atoms with Gasteiger partial charge in [0.15, 0.2) is 5.58 Å². The summed E-state index contributed by atoms with van der Waals surface area (Å²) in [5.74, 6) is 0. The molecule has 0 fully saturated rings. The van der Waals surface area contributed by atoms with Gasteiger partial charge in [-0.2, -0.15) is 0 Å². The van der Waals surface area contributed by atoms with Crippen molar-refractivity contribution in [1.82, 2.24) is 0 Å². The van der Waals surface area contributed by atoms with Crippen LogP contribution in [-0.2, 0) is 5.41 Å². The van der Waals surface area contributed by atoms with Crippen LogP contribution in [-0.4, -0.2) is 0 Å². The van der Waals surface area contributed by atoms with Gasteiger partial charge in [-0.15, -0.1) is 0 Å². The zero-order valence-corrected chi connectivity index (χ0v) is 35.3. The van der Waals surface area contributed by atoms with Crippen molar-refractivity contribution in [2.75, 3.05) is 4.90 Å². The summed E-state index contributed by atoms with van der Waals surface area (Å²) in [6, 6.07) is 72.9. The molecule has 0 amide bonds. The maximum absolute atomic E-state index is 7.44. The largest absolute Gasteiger partial charge is 0.455 e.